The fourth-order valence-corrected chi connectivity index (χ4v) is 1.91. The van der Waals surface area contributed by atoms with Crippen LogP contribution in [0, 0.1) is 0 Å². The van der Waals surface area contributed by atoms with Crippen LogP contribution in [-0.4, -0.2) is 56.6 Å². The Bertz CT molecular complexity index is 378. The molecule has 20 heavy (non-hydrogen) atoms. The van der Waals surface area contributed by atoms with Crippen molar-refractivity contribution in [2.75, 3.05) is 40.0 Å². The van der Waals surface area contributed by atoms with Crippen LogP contribution in [-0.2, 0) is 16.0 Å². The van der Waals surface area contributed by atoms with E-state index in [1.807, 2.05) is 24.5 Å². The normalized spacial score (nSPS) is 19.2. The lowest BCUT2D eigenvalue weighted by molar-refractivity contribution is -0.0850. The van der Waals surface area contributed by atoms with Gasteiger partial charge in [-0.25, -0.2) is 0 Å². The van der Waals surface area contributed by atoms with Gasteiger partial charge in [0.25, 0.3) is 0 Å². The minimum absolute atomic E-state index is 0. The molecule has 0 saturated carbocycles. The number of hydrogen-bond donors (Lipinski definition) is 2. The van der Waals surface area contributed by atoms with Crippen LogP contribution in [0.2, 0.25) is 0 Å². The highest BCUT2D eigenvalue weighted by molar-refractivity contribution is 14.0. The molecule has 1 saturated heterocycles. The highest BCUT2D eigenvalue weighted by atomic mass is 127. The number of hydrogen-bond acceptors (Lipinski definition) is 3. The molecule has 2 N–H and O–H groups in total. The van der Waals surface area contributed by atoms with Crippen LogP contribution >= 0.6 is 24.0 Å². The summed E-state index contributed by atoms with van der Waals surface area (Å²) in [5.74, 6) is 0.793. The number of halogens is 1. The van der Waals surface area contributed by atoms with Gasteiger partial charge in [0.05, 0.1) is 25.9 Å². The summed E-state index contributed by atoms with van der Waals surface area (Å²) in [6.07, 6.45) is 4.20. The van der Waals surface area contributed by atoms with Crippen LogP contribution in [0.4, 0.5) is 0 Å². The van der Waals surface area contributed by atoms with Crippen LogP contribution in [0.5, 0.6) is 0 Å². The van der Waals surface area contributed by atoms with E-state index >= 15 is 0 Å². The summed E-state index contributed by atoms with van der Waals surface area (Å²) < 4.78 is 13.0. The third-order valence-electron chi connectivity index (χ3n) is 2.93. The minimum atomic E-state index is 0. The fourth-order valence-electron chi connectivity index (χ4n) is 1.91. The molecule has 2 heterocycles. The van der Waals surface area contributed by atoms with Crippen LogP contribution in [0.1, 0.15) is 0 Å². The Balaban J connectivity index is 0.00000200. The maximum absolute atomic E-state index is 5.56. The first-order chi connectivity index (χ1) is 9.38. The summed E-state index contributed by atoms with van der Waals surface area (Å²) in [4.78, 5) is 4.18. The zero-order chi connectivity index (χ0) is 13.3. The molecule has 2 rings (SSSR count). The van der Waals surface area contributed by atoms with Crippen LogP contribution in [0.15, 0.2) is 29.5 Å². The quantitative estimate of drug-likeness (QED) is 0.438. The van der Waals surface area contributed by atoms with E-state index in [4.69, 9.17) is 9.47 Å². The zero-order valence-corrected chi connectivity index (χ0v) is 14.1. The van der Waals surface area contributed by atoms with E-state index in [0.29, 0.717) is 26.4 Å². The molecule has 1 aliphatic heterocycles. The van der Waals surface area contributed by atoms with Crippen molar-refractivity contribution in [3.8, 4) is 0 Å². The number of rotatable bonds is 5. The van der Waals surface area contributed by atoms with E-state index in [1.54, 1.807) is 7.05 Å². The molecule has 1 aliphatic rings. The third-order valence-corrected chi connectivity index (χ3v) is 2.93. The van der Waals surface area contributed by atoms with E-state index in [0.717, 1.165) is 19.0 Å². The Kier molecular flexibility index (Phi) is 8.63. The molecule has 1 aromatic heterocycles. The molecular weight excluding hydrogens is 371 g/mol. The molecule has 114 valence electrons. The minimum Gasteiger partial charge on any atom is -0.376 e. The largest absolute Gasteiger partial charge is 0.376 e. The Morgan fingerprint density at radius 3 is 2.75 bits per heavy atom. The van der Waals surface area contributed by atoms with E-state index in [2.05, 4.69) is 20.2 Å². The standard InChI is InChI=1S/C13H22N4O2.HI/c1-14-13(15-4-7-17-5-2-3-6-17)16-10-12-11-18-8-9-19-12;/h2-3,5-6,12H,4,7-11H2,1H3,(H2,14,15,16);1H. The van der Waals surface area contributed by atoms with Gasteiger partial charge in [0.2, 0.25) is 0 Å². The maximum atomic E-state index is 5.56. The third kappa shape index (κ3) is 6.10. The van der Waals surface area contributed by atoms with Gasteiger partial charge in [0, 0.05) is 39.1 Å². The highest BCUT2D eigenvalue weighted by Crippen LogP contribution is 1.98. The van der Waals surface area contributed by atoms with E-state index in [1.165, 1.54) is 0 Å². The average molecular weight is 394 g/mol. The molecule has 0 amide bonds. The molecule has 0 bridgehead atoms. The Morgan fingerprint density at radius 2 is 2.10 bits per heavy atom. The van der Waals surface area contributed by atoms with Gasteiger partial charge in [-0.15, -0.1) is 24.0 Å². The smallest absolute Gasteiger partial charge is 0.191 e. The SMILES string of the molecule is CN=C(NCCn1cccc1)NCC1COCCO1.I. The van der Waals surface area contributed by atoms with E-state index in [9.17, 15) is 0 Å². The monoisotopic (exact) mass is 394 g/mol. The highest BCUT2D eigenvalue weighted by Gasteiger charge is 2.14. The Labute approximate surface area is 136 Å². The van der Waals surface area contributed by atoms with Crippen molar-refractivity contribution in [3.05, 3.63) is 24.5 Å². The van der Waals surface area contributed by atoms with Crippen molar-refractivity contribution >= 4 is 29.9 Å². The molecule has 7 heteroatoms. The first kappa shape index (κ1) is 17.3. The van der Waals surface area contributed by atoms with Gasteiger partial charge in [-0.05, 0) is 12.1 Å². The number of nitrogens with zero attached hydrogens (tertiary/aromatic N) is 2. The molecular formula is C13H23IN4O2. The Hall–Kier alpha value is -0.800. The second-order valence-electron chi connectivity index (χ2n) is 4.37. The molecule has 0 aromatic carbocycles. The lowest BCUT2D eigenvalue weighted by atomic mass is 10.3. The number of aromatic nitrogens is 1. The summed E-state index contributed by atoms with van der Waals surface area (Å²) >= 11 is 0. The average Bonchev–Trinajstić information content (AvgIpc) is 2.97. The van der Waals surface area contributed by atoms with Crippen LogP contribution < -0.4 is 10.6 Å². The van der Waals surface area contributed by atoms with Gasteiger partial charge in [-0.3, -0.25) is 4.99 Å². The van der Waals surface area contributed by atoms with Crippen molar-refractivity contribution in [1.29, 1.82) is 0 Å². The number of ether oxygens (including phenoxy) is 2. The maximum Gasteiger partial charge on any atom is 0.191 e. The summed E-state index contributed by atoms with van der Waals surface area (Å²) in [5.41, 5.74) is 0. The van der Waals surface area contributed by atoms with Gasteiger partial charge >= 0.3 is 0 Å². The van der Waals surface area contributed by atoms with Crippen molar-refractivity contribution < 1.29 is 9.47 Å². The van der Waals surface area contributed by atoms with E-state index in [-0.39, 0.29) is 30.1 Å². The first-order valence-electron chi connectivity index (χ1n) is 6.63. The van der Waals surface area contributed by atoms with Crippen molar-refractivity contribution in [3.63, 3.8) is 0 Å². The van der Waals surface area contributed by atoms with Gasteiger partial charge < -0.3 is 24.7 Å². The van der Waals surface area contributed by atoms with Gasteiger partial charge in [0.1, 0.15) is 0 Å². The number of guanidine groups is 1. The van der Waals surface area contributed by atoms with Crippen molar-refractivity contribution in [2.24, 2.45) is 4.99 Å². The van der Waals surface area contributed by atoms with Gasteiger partial charge in [-0.2, -0.15) is 0 Å². The molecule has 0 aliphatic carbocycles. The molecule has 1 atom stereocenters. The first-order valence-corrected chi connectivity index (χ1v) is 6.63. The summed E-state index contributed by atoms with van der Waals surface area (Å²) in [7, 11) is 1.77. The number of aliphatic imine (C=N–C) groups is 1. The van der Waals surface area contributed by atoms with Crippen molar-refractivity contribution in [2.45, 2.75) is 12.6 Å². The van der Waals surface area contributed by atoms with Crippen molar-refractivity contribution in [1.82, 2.24) is 15.2 Å². The molecule has 1 aromatic rings. The molecule has 0 spiro atoms. The lowest BCUT2D eigenvalue weighted by Crippen LogP contribution is -2.45. The van der Waals surface area contributed by atoms with Crippen LogP contribution in [0.25, 0.3) is 0 Å². The second-order valence-corrected chi connectivity index (χ2v) is 4.37. The Morgan fingerprint density at radius 1 is 1.30 bits per heavy atom. The fraction of sp³-hybridized carbons (Fsp3) is 0.615. The predicted molar refractivity (Wildman–Crippen MR) is 89.8 cm³/mol. The molecule has 6 nitrogen and oxygen atoms in total. The van der Waals surface area contributed by atoms with Crippen LogP contribution in [0.3, 0.4) is 0 Å². The topological polar surface area (TPSA) is 59.8 Å². The van der Waals surface area contributed by atoms with E-state index < -0.39 is 0 Å². The number of nitrogens with one attached hydrogen (secondary N) is 2. The molecule has 0 radical (unpaired) electrons. The zero-order valence-electron chi connectivity index (χ0n) is 11.7. The van der Waals surface area contributed by atoms with Gasteiger partial charge in [-0.1, -0.05) is 0 Å². The summed E-state index contributed by atoms with van der Waals surface area (Å²) in [5, 5.41) is 6.51. The summed E-state index contributed by atoms with van der Waals surface area (Å²) in [6.45, 7) is 4.47. The summed E-state index contributed by atoms with van der Waals surface area (Å²) in [6, 6.07) is 4.04. The molecule has 1 fully saturated rings. The van der Waals surface area contributed by atoms with Gasteiger partial charge in [0.15, 0.2) is 5.96 Å². The lowest BCUT2D eigenvalue weighted by Gasteiger charge is -2.24. The predicted octanol–water partition coefficient (Wildman–Crippen LogP) is 0.686. The second kappa shape index (κ2) is 10.0. The molecule has 1 unspecified atom stereocenters.